The Kier molecular flexibility index (Phi) is 6.86. The van der Waals surface area contributed by atoms with Gasteiger partial charge in [0.1, 0.15) is 6.61 Å². The van der Waals surface area contributed by atoms with Gasteiger partial charge in [0, 0.05) is 27.9 Å². The number of anilines is 1. The zero-order valence-corrected chi connectivity index (χ0v) is 20.3. The molecule has 0 amide bonds. The predicted octanol–water partition coefficient (Wildman–Crippen LogP) is 5.27. The second-order valence-corrected chi connectivity index (χ2v) is 9.10. The highest BCUT2D eigenvalue weighted by Crippen LogP contribution is 2.42. The van der Waals surface area contributed by atoms with Crippen LogP contribution in [-0.4, -0.2) is 22.0 Å². The van der Waals surface area contributed by atoms with E-state index in [1.807, 2.05) is 42.5 Å². The highest BCUT2D eigenvalue weighted by molar-refractivity contribution is 6.09. The van der Waals surface area contributed by atoms with Gasteiger partial charge < -0.3 is 19.8 Å². The third kappa shape index (κ3) is 4.89. The van der Waals surface area contributed by atoms with Crippen LogP contribution in [0.25, 0.3) is 0 Å². The maximum absolute atomic E-state index is 12.9. The summed E-state index contributed by atoms with van der Waals surface area (Å²) in [6.07, 6.45) is -1.95. The van der Waals surface area contributed by atoms with E-state index < -0.39 is 24.3 Å². The molecule has 2 N–H and O–H groups in total. The Morgan fingerprint density at radius 1 is 0.784 bits per heavy atom. The van der Waals surface area contributed by atoms with Gasteiger partial charge in [-0.3, -0.25) is 9.59 Å². The summed E-state index contributed by atoms with van der Waals surface area (Å²) in [6.45, 7) is 1.78. The molecule has 4 aromatic rings. The number of hydrogen-bond donors (Lipinski definition) is 2. The lowest BCUT2D eigenvalue weighted by Crippen LogP contribution is -2.25. The van der Waals surface area contributed by atoms with E-state index in [0.29, 0.717) is 33.5 Å². The van der Waals surface area contributed by atoms with Crippen molar-refractivity contribution in [2.24, 2.45) is 0 Å². The minimum atomic E-state index is -0.977. The van der Waals surface area contributed by atoms with Crippen LogP contribution in [0, 0.1) is 0 Å². The Bertz CT molecular complexity index is 1410. The van der Waals surface area contributed by atoms with E-state index >= 15 is 0 Å². The number of ketones is 1. The number of nitrogens with zero attached hydrogens (tertiary/aromatic N) is 1. The summed E-state index contributed by atoms with van der Waals surface area (Å²) < 4.78 is 5.60. The van der Waals surface area contributed by atoms with Gasteiger partial charge in [-0.15, -0.1) is 0 Å². The maximum atomic E-state index is 12.9. The van der Waals surface area contributed by atoms with E-state index in [0.717, 1.165) is 5.56 Å². The molecule has 1 aliphatic rings. The molecule has 6 heteroatoms. The Hall–Kier alpha value is -4.26. The zero-order valence-electron chi connectivity index (χ0n) is 20.3. The lowest BCUT2D eigenvalue weighted by molar-refractivity contribution is -0.146. The molecular formula is C31H27NO5. The number of rotatable bonds is 7. The molecule has 6 nitrogen and oxygen atoms in total. The number of ether oxygens (including phenoxy) is 1. The molecular weight excluding hydrogens is 466 g/mol. The first kappa shape index (κ1) is 24.4. The molecule has 5 rings (SSSR count). The summed E-state index contributed by atoms with van der Waals surface area (Å²) in [5, 5.41) is 21.5. The molecule has 0 radical (unpaired) electrons. The van der Waals surface area contributed by atoms with Crippen molar-refractivity contribution >= 4 is 17.4 Å². The molecule has 1 heterocycles. The molecule has 186 valence electrons. The van der Waals surface area contributed by atoms with Gasteiger partial charge in [-0.25, -0.2) is 0 Å². The third-order valence-electron chi connectivity index (χ3n) is 6.71. The fourth-order valence-electron chi connectivity index (χ4n) is 4.62. The summed E-state index contributed by atoms with van der Waals surface area (Å²) in [4.78, 5) is 27.2. The van der Waals surface area contributed by atoms with Crippen LogP contribution in [0.4, 0.5) is 5.69 Å². The largest absolute Gasteiger partial charge is 0.460 e. The van der Waals surface area contributed by atoms with Crippen molar-refractivity contribution in [3.63, 3.8) is 0 Å². The average Bonchev–Trinajstić information content (AvgIpc) is 3.21. The molecule has 0 aromatic heterocycles. The van der Waals surface area contributed by atoms with Gasteiger partial charge in [-0.05, 0) is 36.2 Å². The van der Waals surface area contributed by atoms with Crippen LogP contribution in [0.15, 0.2) is 103 Å². The first-order valence-corrected chi connectivity index (χ1v) is 12.1. The van der Waals surface area contributed by atoms with E-state index in [1.54, 1.807) is 67.6 Å². The molecule has 3 unspecified atom stereocenters. The monoisotopic (exact) mass is 493 g/mol. The van der Waals surface area contributed by atoms with Gasteiger partial charge in [0.2, 0.25) is 0 Å². The zero-order chi connectivity index (χ0) is 25.9. The summed E-state index contributed by atoms with van der Waals surface area (Å²) in [5.74, 6) is -1.08. The fraction of sp³-hybridized carbons (Fsp3) is 0.161. The minimum Gasteiger partial charge on any atom is -0.460 e. The molecule has 0 saturated heterocycles. The van der Waals surface area contributed by atoms with Crippen LogP contribution in [-0.2, 0) is 16.1 Å². The Morgan fingerprint density at radius 3 is 2.11 bits per heavy atom. The number of carbonyl (C=O) groups is 2. The summed E-state index contributed by atoms with van der Waals surface area (Å²) in [5.41, 5.74) is 4.46. The highest BCUT2D eigenvalue weighted by Gasteiger charge is 2.36. The number of carbonyl (C=O) groups excluding carboxylic acids is 2. The van der Waals surface area contributed by atoms with E-state index in [-0.39, 0.29) is 12.4 Å². The fourth-order valence-corrected chi connectivity index (χ4v) is 4.62. The second kappa shape index (κ2) is 10.4. The van der Waals surface area contributed by atoms with Crippen LogP contribution in [0.3, 0.4) is 0 Å². The van der Waals surface area contributed by atoms with Gasteiger partial charge in [0.15, 0.2) is 18.2 Å². The smallest absolute Gasteiger partial charge is 0.313 e. The van der Waals surface area contributed by atoms with E-state index in [1.165, 1.54) is 4.90 Å². The van der Waals surface area contributed by atoms with Gasteiger partial charge >= 0.3 is 5.97 Å². The van der Waals surface area contributed by atoms with Crippen LogP contribution in [0.5, 0.6) is 0 Å². The molecule has 37 heavy (non-hydrogen) atoms. The van der Waals surface area contributed by atoms with Crippen LogP contribution in [0.1, 0.15) is 63.5 Å². The van der Waals surface area contributed by atoms with Crippen molar-refractivity contribution in [3.05, 3.63) is 137 Å². The Labute approximate surface area is 215 Å². The van der Waals surface area contributed by atoms with Crippen molar-refractivity contribution < 1.29 is 24.5 Å². The molecule has 1 aliphatic heterocycles. The van der Waals surface area contributed by atoms with E-state index in [2.05, 4.69) is 0 Å². The number of benzene rings is 4. The van der Waals surface area contributed by atoms with Crippen molar-refractivity contribution in [3.8, 4) is 0 Å². The van der Waals surface area contributed by atoms with Crippen molar-refractivity contribution in [2.45, 2.75) is 31.9 Å². The molecule has 0 saturated carbocycles. The molecule has 0 fully saturated rings. The predicted molar refractivity (Wildman–Crippen MR) is 140 cm³/mol. The molecule has 4 aromatic carbocycles. The number of fused-ring (bicyclic) bond motifs is 1. The molecule has 0 bridgehead atoms. The summed E-state index contributed by atoms with van der Waals surface area (Å²) >= 11 is 0. The minimum absolute atomic E-state index is 0.0344. The molecule has 3 atom stereocenters. The number of aliphatic hydroxyl groups is 2. The standard InChI is InChI=1S/C31H27NO5/c1-20(23-12-8-13-24(18-23)28(33)22-10-3-2-4-11-22)31(36)37-19-21-9-7-14-25(17-21)32-29(34)26-15-5-6-16-27(26)30(32)35/h2-18,20,29-30,34-35H,19H2,1H3. The van der Waals surface area contributed by atoms with Crippen molar-refractivity contribution in [1.29, 1.82) is 0 Å². The van der Waals surface area contributed by atoms with Gasteiger partial charge in [0.05, 0.1) is 5.92 Å². The second-order valence-electron chi connectivity index (χ2n) is 9.10. The van der Waals surface area contributed by atoms with E-state index in [4.69, 9.17) is 4.74 Å². The number of hydrogen-bond acceptors (Lipinski definition) is 6. The number of esters is 1. The van der Waals surface area contributed by atoms with Crippen molar-refractivity contribution in [1.82, 2.24) is 0 Å². The highest BCUT2D eigenvalue weighted by atomic mass is 16.5. The van der Waals surface area contributed by atoms with Gasteiger partial charge in [-0.1, -0.05) is 84.9 Å². The van der Waals surface area contributed by atoms with Crippen molar-refractivity contribution in [2.75, 3.05) is 4.90 Å². The summed E-state index contributed by atoms with van der Waals surface area (Å²) in [7, 11) is 0. The SMILES string of the molecule is CC(C(=O)OCc1cccc(N2C(O)c3ccccc3C2O)c1)c1cccc(C(=O)c2ccccc2)c1. The Morgan fingerprint density at radius 2 is 1.41 bits per heavy atom. The molecule has 0 spiro atoms. The Balaban J connectivity index is 1.26. The van der Waals surface area contributed by atoms with Gasteiger partial charge in [0.25, 0.3) is 0 Å². The van der Waals surface area contributed by atoms with Crippen LogP contribution < -0.4 is 4.90 Å². The maximum Gasteiger partial charge on any atom is 0.313 e. The molecule has 0 aliphatic carbocycles. The quantitative estimate of drug-likeness (QED) is 0.270. The normalized spacial score (nSPS) is 17.2. The lowest BCUT2D eigenvalue weighted by atomic mass is 9.96. The van der Waals surface area contributed by atoms with E-state index in [9.17, 15) is 19.8 Å². The topological polar surface area (TPSA) is 87.1 Å². The third-order valence-corrected chi connectivity index (χ3v) is 6.71. The van der Waals surface area contributed by atoms with Crippen LogP contribution in [0.2, 0.25) is 0 Å². The van der Waals surface area contributed by atoms with Gasteiger partial charge in [-0.2, -0.15) is 0 Å². The first-order valence-electron chi connectivity index (χ1n) is 12.1. The first-order chi connectivity index (χ1) is 17.9. The summed E-state index contributed by atoms with van der Waals surface area (Å²) in [6, 6.07) is 30.5. The lowest BCUT2D eigenvalue weighted by Gasteiger charge is -2.27. The average molecular weight is 494 g/mol. The number of aliphatic hydroxyl groups excluding tert-OH is 2. The van der Waals surface area contributed by atoms with Crippen LogP contribution >= 0.6 is 0 Å².